The minimum Gasteiger partial charge on any atom is -0.495 e. The molecule has 0 bridgehead atoms. The van der Waals surface area contributed by atoms with Gasteiger partial charge < -0.3 is 14.8 Å². The first-order valence-corrected chi connectivity index (χ1v) is 8.84. The molecule has 1 heterocycles. The molecular formula is C19H16N2O5S. The maximum absolute atomic E-state index is 12.4. The number of nitro groups is 1. The molecule has 0 radical (unpaired) electrons. The topological polar surface area (TPSA) is 90.7 Å². The molecule has 1 N–H and O–H groups in total. The van der Waals surface area contributed by atoms with Crippen LogP contribution in [0.3, 0.4) is 0 Å². The Kier molecular flexibility index (Phi) is 5.68. The van der Waals surface area contributed by atoms with Crippen LogP contribution in [0.25, 0.3) is 0 Å². The van der Waals surface area contributed by atoms with E-state index >= 15 is 0 Å². The Hall–Kier alpha value is -3.39. The fraction of sp³-hybridized carbons (Fsp3) is 0.105. The van der Waals surface area contributed by atoms with E-state index in [0.29, 0.717) is 22.1 Å². The van der Waals surface area contributed by atoms with Gasteiger partial charge in [0.15, 0.2) is 0 Å². The number of para-hydroxylation sites is 2. The van der Waals surface area contributed by atoms with Gasteiger partial charge in [-0.15, -0.1) is 11.3 Å². The lowest BCUT2D eigenvalue weighted by Crippen LogP contribution is -2.11. The fourth-order valence-corrected chi connectivity index (χ4v) is 3.12. The molecule has 7 nitrogen and oxygen atoms in total. The van der Waals surface area contributed by atoms with E-state index in [4.69, 9.17) is 9.47 Å². The van der Waals surface area contributed by atoms with Crippen LogP contribution in [0.1, 0.15) is 15.2 Å². The lowest BCUT2D eigenvalue weighted by atomic mass is 10.2. The van der Waals surface area contributed by atoms with E-state index in [2.05, 4.69) is 5.32 Å². The molecule has 0 atom stereocenters. The maximum atomic E-state index is 12.4. The van der Waals surface area contributed by atoms with E-state index in [1.807, 2.05) is 17.5 Å². The molecule has 1 amide bonds. The number of ether oxygens (including phenoxy) is 2. The van der Waals surface area contributed by atoms with Crippen LogP contribution in [-0.2, 0) is 6.61 Å². The molecule has 0 aliphatic heterocycles. The van der Waals surface area contributed by atoms with Crippen LogP contribution in [-0.4, -0.2) is 17.9 Å². The molecule has 2 aromatic carbocycles. The Bertz CT molecular complexity index is 953. The van der Waals surface area contributed by atoms with Gasteiger partial charge in [-0.3, -0.25) is 14.9 Å². The number of carbonyl (C=O) groups is 1. The lowest BCUT2D eigenvalue weighted by molar-refractivity contribution is -0.384. The molecule has 3 aromatic rings. The van der Waals surface area contributed by atoms with Crippen molar-refractivity contribution < 1.29 is 19.2 Å². The number of nitro benzene ring substituents is 1. The minimum atomic E-state index is -0.463. The molecule has 0 aliphatic carbocycles. The Morgan fingerprint density at radius 1 is 1.19 bits per heavy atom. The summed E-state index contributed by atoms with van der Waals surface area (Å²) in [7, 11) is 1.55. The highest BCUT2D eigenvalue weighted by Gasteiger charge is 2.12. The molecule has 138 valence electrons. The van der Waals surface area contributed by atoms with Crippen molar-refractivity contribution in [3.8, 4) is 11.5 Å². The zero-order valence-corrected chi connectivity index (χ0v) is 15.2. The summed E-state index contributed by atoms with van der Waals surface area (Å²) in [5, 5.41) is 15.3. The summed E-state index contributed by atoms with van der Waals surface area (Å²) < 4.78 is 10.8. The number of carbonyl (C=O) groups excluding carboxylic acids is 1. The third-order valence-corrected chi connectivity index (χ3v) is 4.66. The zero-order valence-electron chi connectivity index (χ0n) is 14.4. The normalized spacial score (nSPS) is 10.3. The second kappa shape index (κ2) is 8.33. The Labute approximate surface area is 159 Å². The summed E-state index contributed by atoms with van der Waals surface area (Å²) in [6, 6.07) is 14.8. The van der Waals surface area contributed by atoms with Gasteiger partial charge in [0.05, 0.1) is 22.6 Å². The van der Waals surface area contributed by atoms with Crippen molar-refractivity contribution in [2.45, 2.75) is 6.61 Å². The largest absolute Gasteiger partial charge is 0.495 e. The highest BCUT2D eigenvalue weighted by atomic mass is 32.1. The van der Waals surface area contributed by atoms with Crippen LogP contribution in [0.4, 0.5) is 11.4 Å². The first-order chi connectivity index (χ1) is 13.1. The Morgan fingerprint density at radius 3 is 2.63 bits per heavy atom. The van der Waals surface area contributed by atoms with Crippen LogP contribution in [0.2, 0.25) is 0 Å². The van der Waals surface area contributed by atoms with E-state index < -0.39 is 4.92 Å². The van der Waals surface area contributed by atoms with Gasteiger partial charge in [-0.2, -0.15) is 0 Å². The van der Waals surface area contributed by atoms with E-state index in [1.165, 1.54) is 23.5 Å². The number of benzene rings is 2. The Balaban J connectivity index is 1.60. The predicted molar refractivity (Wildman–Crippen MR) is 103 cm³/mol. The molecule has 0 fully saturated rings. The van der Waals surface area contributed by atoms with Crippen molar-refractivity contribution in [1.29, 1.82) is 0 Å². The second-order valence-corrected chi connectivity index (χ2v) is 6.42. The molecule has 0 spiro atoms. The second-order valence-electron chi connectivity index (χ2n) is 5.51. The third-order valence-electron chi connectivity index (χ3n) is 3.69. The number of hydrogen-bond donors (Lipinski definition) is 1. The number of thiophene rings is 1. The highest BCUT2D eigenvalue weighted by Crippen LogP contribution is 2.25. The van der Waals surface area contributed by atoms with Crippen molar-refractivity contribution >= 4 is 28.6 Å². The highest BCUT2D eigenvalue weighted by molar-refractivity contribution is 7.12. The van der Waals surface area contributed by atoms with Crippen LogP contribution in [0.15, 0.2) is 60.0 Å². The predicted octanol–water partition coefficient (Wildman–Crippen LogP) is 4.50. The SMILES string of the molecule is COc1ccccc1NC(=O)c1cc(COc2ccc([N+](=O)[O-])cc2)cs1. The van der Waals surface area contributed by atoms with Crippen LogP contribution in [0, 0.1) is 10.1 Å². The van der Waals surface area contributed by atoms with Gasteiger partial charge >= 0.3 is 0 Å². The van der Waals surface area contributed by atoms with Crippen molar-refractivity contribution in [1.82, 2.24) is 0 Å². The average molecular weight is 384 g/mol. The Morgan fingerprint density at radius 2 is 1.93 bits per heavy atom. The summed E-state index contributed by atoms with van der Waals surface area (Å²) in [4.78, 5) is 23.1. The summed E-state index contributed by atoms with van der Waals surface area (Å²) in [6.07, 6.45) is 0. The number of amides is 1. The van der Waals surface area contributed by atoms with Gasteiger partial charge in [0.25, 0.3) is 11.6 Å². The van der Waals surface area contributed by atoms with Gasteiger partial charge in [-0.05, 0) is 35.7 Å². The van der Waals surface area contributed by atoms with Gasteiger partial charge in [-0.1, -0.05) is 12.1 Å². The summed E-state index contributed by atoms with van der Waals surface area (Å²) in [6.45, 7) is 0.260. The van der Waals surface area contributed by atoms with Crippen molar-refractivity contribution in [3.63, 3.8) is 0 Å². The summed E-state index contributed by atoms with van der Waals surface area (Å²) >= 11 is 1.31. The first kappa shape index (κ1) is 18.4. The van der Waals surface area contributed by atoms with Gasteiger partial charge in [0.2, 0.25) is 0 Å². The number of rotatable bonds is 7. The van der Waals surface area contributed by atoms with Crippen molar-refractivity contribution in [3.05, 3.63) is 80.5 Å². The smallest absolute Gasteiger partial charge is 0.269 e. The van der Waals surface area contributed by atoms with Crippen LogP contribution >= 0.6 is 11.3 Å². The molecule has 1 aromatic heterocycles. The fourth-order valence-electron chi connectivity index (χ4n) is 2.33. The number of methoxy groups -OCH3 is 1. The van der Waals surface area contributed by atoms with E-state index in [9.17, 15) is 14.9 Å². The quantitative estimate of drug-likeness (QED) is 0.478. The summed E-state index contributed by atoms with van der Waals surface area (Å²) in [5.74, 6) is 0.877. The summed E-state index contributed by atoms with van der Waals surface area (Å²) in [5.41, 5.74) is 1.44. The number of nitrogens with zero attached hydrogens (tertiary/aromatic N) is 1. The first-order valence-electron chi connectivity index (χ1n) is 7.96. The van der Waals surface area contributed by atoms with Crippen LogP contribution in [0.5, 0.6) is 11.5 Å². The lowest BCUT2D eigenvalue weighted by Gasteiger charge is -2.08. The monoisotopic (exact) mass is 384 g/mol. The van der Waals surface area contributed by atoms with Crippen molar-refractivity contribution in [2.75, 3.05) is 12.4 Å². The van der Waals surface area contributed by atoms with Gasteiger partial charge in [0, 0.05) is 17.7 Å². The molecule has 0 aliphatic rings. The molecule has 27 heavy (non-hydrogen) atoms. The molecule has 8 heteroatoms. The number of hydrogen-bond acceptors (Lipinski definition) is 6. The zero-order chi connectivity index (χ0) is 19.2. The number of non-ortho nitro benzene ring substituents is 1. The van der Waals surface area contributed by atoms with E-state index in [0.717, 1.165) is 5.56 Å². The molecule has 0 unspecified atom stereocenters. The average Bonchev–Trinajstić information content (AvgIpc) is 3.16. The standard InChI is InChI=1S/C19H16N2O5S/c1-25-17-5-3-2-4-16(17)20-19(22)18-10-13(12-27-18)11-26-15-8-6-14(7-9-15)21(23)24/h2-10,12H,11H2,1H3,(H,20,22). The number of nitrogens with one attached hydrogen (secondary N) is 1. The van der Waals surface area contributed by atoms with E-state index in [-0.39, 0.29) is 18.2 Å². The number of anilines is 1. The minimum absolute atomic E-state index is 0.00757. The van der Waals surface area contributed by atoms with E-state index in [1.54, 1.807) is 37.4 Å². The third kappa shape index (κ3) is 4.62. The van der Waals surface area contributed by atoms with Crippen LogP contribution < -0.4 is 14.8 Å². The molecule has 3 rings (SSSR count). The maximum Gasteiger partial charge on any atom is 0.269 e. The molecular weight excluding hydrogens is 368 g/mol. The molecule has 0 saturated carbocycles. The van der Waals surface area contributed by atoms with Crippen molar-refractivity contribution in [2.24, 2.45) is 0 Å². The van der Waals surface area contributed by atoms with Gasteiger partial charge in [0.1, 0.15) is 18.1 Å². The van der Waals surface area contributed by atoms with Gasteiger partial charge in [-0.25, -0.2) is 0 Å². The molecule has 0 saturated heterocycles.